The zero-order chi connectivity index (χ0) is 21.0. The number of hydrogen-bond acceptors (Lipinski definition) is 4. The summed E-state index contributed by atoms with van der Waals surface area (Å²) in [6.45, 7) is 10.4. The quantitative estimate of drug-likeness (QED) is 0.500. The van der Waals surface area contributed by atoms with E-state index in [1.54, 1.807) is 0 Å². The standard InChI is InChI=1S/C23H38N2O4/c1-16-17(2)25(18-14-23(3,4)15-19(26)22(16)18)12-8-5-6-10-20(27)24-29-21-11-7-9-13-28-21/h19,21,26H,5-15H2,1-4H3,(H,24,27). The van der Waals surface area contributed by atoms with Crippen LogP contribution in [0.2, 0.25) is 0 Å². The maximum Gasteiger partial charge on any atom is 0.243 e. The third kappa shape index (κ3) is 5.62. The summed E-state index contributed by atoms with van der Waals surface area (Å²) in [4.78, 5) is 17.3. The van der Waals surface area contributed by atoms with Crippen molar-refractivity contribution >= 4 is 5.91 Å². The van der Waals surface area contributed by atoms with Crippen LogP contribution >= 0.6 is 0 Å². The van der Waals surface area contributed by atoms with E-state index in [4.69, 9.17) is 9.57 Å². The highest BCUT2D eigenvalue weighted by Gasteiger charge is 2.35. The summed E-state index contributed by atoms with van der Waals surface area (Å²) in [5.41, 5.74) is 7.63. The van der Waals surface area contributed by atoms with Gasteiger partial charge in [0, 0.05) is 42.9 Å². The molecule has 2 unspecified atom stereocenters. The second kappa shape index (κ2) is 9.63. The first kappa shape index (κ1) is 22.3. The Morgan fingerprint density at radius 2 is 2.07 bits per heavy atom. The molecule has 0 bridgehead atoms. The van der Waals surface area contributed by atoms with E-state index < -0.39 is 0 Å². The molecule has 1 aromatic rings. The lowest BCUT2D eigenvalue weighted by molar-refractivity contribution is -0.200. The average Bonchev–Trinajstić information content (AvgIpc) is 2.90. The van der Waals surface area contributed by atoms with Gasteiger partial charge in [0.05, 0.1) is 6.10 Å². The van der Waals surface area contributed by atoms with Crippen LogP contribution in [0, 0.1) is 19.3 Å². The average molecular weight is 407 g/mol. The lowest BCUT2D eigenvalue weighted by Gasteiger charge is -2.34. The van der Waals surface area contributed by atoms with Gasteiger partial charge in [0.15, 0.2) is 6.29 Å². The van der Waals surface area contributed by atoms with Gasteiger partial charge in [-0.1, -0.05) is 20.3 Å². The molecule has 3 rings (SSSR count). The third-order valence-corrected chi connectivity index (χ3v) is 6.44. The van der Waals surface area contributed by atoms with Gasteiger partial charge < -0.3 is 14.4 Å². The van der Waals surface area contributed by atoms with Gasteiger partial charge in [-0.05, 0) is 63.4 Å². The van der Waals surface area contributed by atoms with Crippen molar-refractivity contribution in [2.24, 2.45) is 5.41 Å². The molecule has 0 radical (unpaired) electrons. The molecule has 2 heterocycles. The number of nitrogens with zero attached hydrogens (tertiary/aromatic N) is 1. The maximum atomic E-state index is 12.0. The number of carbonyl (C=O) groups excluding carboxylic acids is 1. The first-order chi connectivity index (χ1) is 13.8. The van der Waals surface area contributed by atoms with Crippen molar-refractivity contribution in [3.63, 3.8) is 0 Å². The molecule has 1 aliphatic carbocycles. The summed E-state index contributed by atoms with van der Waals surface area (Å²) in [5.74, 6) is -0.0746. The Hall–Kier alpha value is -1.37. The molecule has 1 fully saturated rings. The van der Waals surface area contributed by atoms with Crippen LogP contribution in [0.15, 0.2) is 0 Å². The minimum absolute atomic E-state index is 0.0746. The fraction of sp³-hybridized carbons (Fsp3) is 0.783. The Morgan fingerprint density at radius 3 is 2.79 bits per heavy atom. The van der Waals surface area contributed by atoms with Crippen LogP contribution in [-0.4, -0.2) is 28.5 Å². The Balaban J connectivity index is 1.43. The van der Waals surface area contributed by atoms with Gasteiger partial charge >= 0.3 is 0 Å². The monoisotopic (exact) mass is 406 g/mol. The van der Waals surface area contributed by atoms with Gasteiger partial charge in [0.25, 0.3) is 0 Å². The van der Waals surface area contributed by atoms with Gasteiger partial charge in [-0.15, -0.1) is 0 Å². The Morgan fingerprint density at radius 1 is 1.28 bits per heavy atom. The number of ether oxygens (including phenoxy) is 1. The van der Waals surface area contributed by atoms with E-state index in [1.165, 1.54) is 17.0 Å². The molecule has 164 valence electrons. The SMILES string of the molecule is Cc1c2c(n(CCCCCC(=O)NOC3CCCCO3)c1C)CC(C)(C)CC2O. The van der Waals surface area contributed by atoms with Crippen LogP contribution in [-0.2, 0) is 27.3 Å². The van der Waals surface area contributed by atoms with Crippen LogP contribution in [0.5, 0.6) is 0 Å². The largest absolute Gasteiger partial charge is 0.388 e. The number of aromatic nitrogens is 1. The molecule has 0 aromatic carbocycles. The van der Waals surface area contributed by atoms with Crippen molar-refractivity contribution < 1.29 is 19.5 Å². The molecule has 29 heavy (non-hydrogen) atoms. The summed E-state index contributed by atoms with van der Waals surface area (Å²) in [5, 5.41) is 10.7. The number of unbranched alkanes of at least 4 members (excludes halogenated alkanes) is 2. The Kier molecular flexibility index (Phi) is 7.41. The van der Waals surface area contributed by atoms with Gasteiger partial charge in [-0.3, -0.25) is 4.79 Å². The molecule has 2 atom stereocenters. The zero-order valence-corrected chi connectivity index (χ0v) is 18.6. The van der Waals surface area contributed by atoms with Crippen molar-refractivity contribution in [3.05, 3.63) is 22.5 Å². The number of fused-ring (bicyclic) bond motifs is 1. The number of rotatable bonds is 8. The number of carbonyl (C=O) groups is 1. The molecule has 1 amide bonds. The Bertz CT molecular complexity index is 704. The minimum atomic E-state index is -0.356. The van der Waals surface area contributed by atoms with Crippen LogP contribution in [0.4, 0.5) is 0 Å². The van der Waals surface area contributed by atoms with Gasteiger partial charge in [-0.2, -0.15) is 0 Å². The second-order valence-electron chi connectivity index (χ2n) is 9.53. The fourth-order valence-corrected chi connectivity index (χ4v) is 4.77. The van der Waals surface area contributed by atoms with Crippen LogP contribution in [0.1, 0.15) is 93.8 Å². The second-order valence-corrected chi connectivity index (χ2v) is 9.53. The molecule has 2 aliphatic rings. The van der Waals surface area contributed by atoms with E-state index in [0.717, 1.165) is 63.5 Å². The lowest BCUT2D eigenvalue weighted by atomic mass is 9.74. The molecule has 1 saturated heterocycles. The van der Waals surface area contributed by atoms with Crippen LogP contribution in [0.3, 0.4) is 0 Å². The molecule has 6 nitrogen and oxygen atoms in total. The molecule has 2 N–H and O–H groups in total. The zero-order valence-electron chi connectivity index (χ0n) is 18.6. The number of nitrogens with one attached hydrogen (secondary N) is 1. The van der Waals surface area contributed by atoms with Crippen LogP contribution < -0.4 is 5.48 Å². The van der Waals surface area contributed by atoms with Crippen molar-refractivity contribution in [1.82, 2.24) is 10.0 Å². The van der Waals surface area contributed by atoms with E-state index >= 15 is 0 Å². The van der Waals surface area contributed by atoms with Gasteiger partial charge in [0.1, 0.15) is 0 Å². The third-order valence-electron chi connectivity index (χ3n) is 6.44. The number of amides is 1. The lowest BCUT2D eigenvalue weighted by Crippen LogP contribution is -2.32. The number of hydrogen-bond donors (Lipinski definition) is 2. The maximum absolute atomic E-state index is 12.0. The smallest absolute Gasteiger partial charge is 0.243 e. The first-order valence-corrected chi connectivity index (χ1v) is 11.2. The highest BCUT2D eigenvalue weighted by molar-refractivity contribution is 5.74. The van der Waals surface area contributed by atoms with E-state index in [1.807, 2.05) is 0 Å². The van der Waals surface area contributed by atoms with E-state index in [9.17, 15) is 9.90 Å². The normalized spacial score (nSPS) is 23.6. The summed E-state index contributed by atoms with van der Waals surface area (Å²) in [6, 6.07) is 0. The molecule has 1 aliphatic heterocycles. The van der Waals surface area contributed by atoms with Crippen molar-refractivity contribution in [2.45, 2.75) is 104 Å². The summed E-state index contributed by atoms with van der Waals surface area (Å²) in [6.07, 6.45) is 7.50. The summed E-state index contributed by atoms with van der Waals surface area (Å²) < 4.78 is 7.84. The highest BCUT2D eigenvalue weighted by Crippen LogP contribution is 2.43. The van der Waals surface area contributed by atoms with Gasteiger partial charge in [-0.25, -0.2) is 10.3 Å². The predicted octanol–water partition coefficient (Wildman–Crippen LogP) is 4.25. The summed E-state index contributed by atoms with van der Waals surface area (Å²) >= 11 is 0. The van der Waals surface area contributed by atoms with Crippen LogP contribution in [0.25, 0.3) is 0 Å². The molecule has 6 heteroatoms. The molecular weight excluding hydrogens is 368 g/mol. The molecule has 0 spiro atoms. The Labute approximate surface area is 174 Å². The predicted molar refractivity (Wildman–Crippen MR) is 112 cm³/mol. The fourth-order valence-electron chi connectivity index (χ4n) is 4.77. The van der Waals surface area contributed by atoms with Crippen molar-refractivity contribution in [2.75, 3.05) is 6.61 Å². The van der Waals surface area contributed by atoms with Crippen molar-refractivity contribution in [1.29, 1.82) is 0 Å². The highest BCUT2D eigenvalue weighted by atomic mass is 16.8. The first-order valence-electron chi connectivity index (χ1n) is 11.2. The van der Waals surface area contributed by atoms with Crippen molar-refractivity contribution in [3.8, 4) is 0 Å². The molecule has 0 saturated carbocycles. The molecule has 1 aromatic heterocycles. The number of hydroxylamine groups is 1. The van der Waals surface area contributed by atoms with E-state index in [-0.39, 0.29) is 23.7 Å². The molecular formula is C23H38N2O4. The summed E-state index contributed by atoms with van der Waals surface area (Å²) in [7, 11) is 0. The van der Waals surface area contributed by atoms with E-state index in [0.29, 0.717) is 13.0 Å². The van der Waals surface area contributed by atoms with E-state index in [2.05, 4.69) is 37.7 Å². The topological polar surface area (TPSA) is 72.7 Å². The number of aliphatic hydroxyl groups is 1. The minimum Gasteiger partial charge on any atom is -0.388 e. The number of aliphatic hydroxyl groups excluding tert-OH is 1. The van der Waals surface area contributed by atoms with Gasteiger partial charge in [0.2, 0.25) is 5.91 Å².